The van der Waals surface area contributed by atoms with Gasteiger partial charge in [-0.1, -0.05) is 6.07 Å². The fourth-order valence-electron chi connectivity index (χ4n) is 2.16. The largest absolute Gasteiger partial charge is 0.464 e. The molecule has 1 saturated carbocycles. The summed E-state index contributed by atoms with van der Waals surface area (Å²) in [5.74, 6) is 0. The lowest BCUT2D eigenvalue weighted by Crippen LogP contribution is -2.22. The number of fused-ring (bicyclic) bond motifs is 1. The summed E-state index contributed by atoms with van der Waals surface area (Å²) < 4.78 is 5.44. The Hall–Kier alpha value is -1.28. The molecule has 1 aromatic heterocycles. The quantitative estimate of drug-likeness (QED) is 0.854. The van der Waals surface area contributed by atoms with E-state index in [0.29, 0.717) is 0 Å². The van der Waals surface area contributed by atoms with Crippen LogP contribution in [-0.4, -0.2) is 5.54 Å². The maximum atomic E-state index is 6.10. The lowest BCUT2D eigenvalue weighted by Gasteiger charge is -2.07. The van der Waals surface area contributed by atoms with E-state index in [2.05, 4.69) is 25.1 Å². The number of benzene rings is 1. The van der Waals surface area contributed by atoms with E-state index < -0.39 is 0 Å². The number of hydrogen-bond donors (Lipinski definition) is 1. The Morgan fingerprint density at radius 2 is 2.19 bits per heavy atom. The van der Waals surface area contributed by atoms with Crippen LogP contribution in [0.5, 0.6) is 0 Å². The molecule has 1 aliphatic rings. The first-order chi connectivity index (χ1) is 7.66. The SMILES string of the molecule is Cc1coc2ccc(CCC3(N)CC3)cc12. The molecule has 1 aliphatic carbocycles. The van der Waals surface area contributed by atoms with E-state index >= 15 is 0 Å². The highest BCUT2D eigenvalue weighted by atomic mass is 16.3. The van der Waals surface area contributed by atoms with Crippen molar-refractivity contribution in [2.45, 2.75) is 38.1 Å². The van der Waals surface area contributed by atoms with Crippen LogP contribution in [0.3, 0.4) is 0 Å². The normalized spacial score (nSPS) is 17.9. The smallest absolute Gasteiger partial charge is 0.134 e. The standard InChI is InChI=1S/C14H17NO/c1-10-9-16-13-3-2-11(8-12(10)13)4-5-14(15)6-7-14/h2-3,8-9H,4-7,15H2,1H3. The third-order valence-corrected chi connectivity index (χ3v) is 3.64. The average Bonchev–Trinajstić information content (AvgIpc) is 2.92. The minimum absolute atomic E-state index is 0.153. The molecule has 0 unspecified atom stereocenters. The van der Waals surface area contributed by atoms with Crippen LogP contribution < -0.4 is 5.73 Å². The van der Waals surface area contributed by atoms with Crippen LogP contribution in [0.25, 0.3) is 11.0 Å². The molecule has 0 atom stereocenters. The number of nitrogens with two attached hydrogens (primary N) is 1. The summed E-state index contributed by atoms with van der Waals surface area (Å²) in [7, 11) is 0. The van der Waals surface area contributed by atoms with Gasteiger partial charge >= 0.3 is 0 Å². The second-order valence-electron chi connectivity index (χ2n) is 5.11. The van der Waals surface area contributed by atoms with E-state index in [1.165, 1.54) is 29.4 Å². The molecule has 0 spiro atoms. The Kier molecular flexibility index (Phi) is 2.08. The van der Waals surface area contributed by atoms with Gasteiger partial charge in [-0.3, -0.25) is 0 Å². The maximum absolute atomic E-state index is 6.10. The molecule has 2 heteroatoms. The van der Waals surface area contributed by atoms with Gasteiger partial charge in [0.25, 0.3) is 0 Å². The molecule has 1 heterocycles. The molecule has 0 bridgehead atoms. The summed E-state index contributed by atoms with van der Waals surface area (Å²) in [5.41, 5.74) is 9.82. The van der Waals surface area contributed by atoms with Crippen molar-refractivity contribution in [2.75, 3.05) is 0 Å². The molecule has 2 aromatic rings. The zero-order valence-electron chi connectivity index (χ0n) is 9.62. The highest BCUT2D eigenvalue weighted by Crippen LogP contribution is 2.36. The van der Waals surface area contributed by atoms with Gasteiger partial charge in [-0.2, -0.15) is 0 Å². The summed E-state index contributed by atoms with van der Waals surface area (Å²) in [6, 6.07) is 6.45. The van der Waals surface area contributed by atoms with Gasteiger partial charge < -0.3 is 10.2 Å². The van der Waals surface area contributed by atoms with E-state index in [0.717, 1.165) is 18.4 Å². The minimum Gasteiger partial charge on any atom is -0.464 e. The molecular formula is C14H17NO. The molecular weight excluding hydrogens is 198 g/mol. The van der Waals surface area contributed by atoms with Crippen molar-refractivity contribution in [1.82, 2.24) is 0 Å². The molecule has 0 radical (unpaired) electrons. The van der Waals surface area contributed by atoms with E-state index in [1.807, 2.05) is 6.26 Å². The molecule has 2 N–H and O–H groups in total. The molecule has 2 nitrogen and oxygen atoms in total. The summed E-state index contributed by atoms with van der Waals surface area (Å²) in [4.78, 5) is 0. The van der Waals surface area contributed by atoms with Crippen LogP contribution in [0, 0.1) is 6.92 Å². The fraction of sp³-hybridized carbons (Fsp3) is 0.429. The first-order valence-electron chi connectivity index (χ1n) is 5.92. The number of furan rings is 1. The summed E-state index contributed by atoms with van der Waals surface area (Å²) >= 11 is 0. The lowest BCUT2D eigenvalue weighted by molar-refractivity contribution is 0.607. The second-order valence-corrected chi connectivity index (χ2v) is 5.11. The third-order valence-electron chi connectivity index (χ3n) is 3.64. The van der Waals surface area contributed by atoms with Gasteiger partial charge in [0.1, 0.15) is 5.58 Å². The highest BCUT2D eigenvalue weighted by molar-refractivity contribution is 5.81. The molecule has 3 rings (SSSR count). The molecule has 1 aromatic carbocycles. The number of aryl methyl sites for hydroxylation is 2. The first kappa shape index (κ1) is 9.91. The summed E-state index contributed by atoms with van der Waals surface area (Å²) in [6.45, 7) is 2.08. The minimum atomic E-state index is 0.153. The topological polar surface area (TPSA) is 39.2 Å². The molecule has 0 aliphatic heterocycles. The van der Waals surface area contributed by atoms with Gasteiger partial charge in [0.15, 0.2) is 0 Å². The van der Waals surface area contributed by atoms with Gasteiger partial charge in [0.2, 0.25) is 0 Å². The van der Waals surface area contributed by atoms with E-state index in [4.69, 9.17) is 10.2 Å². The monoisotopic (exact) mass is 215 g/mol. The van der Waals surface area contributed by atoms with Gasteiger partial charge in [0.05, 0.1) is 6.26 Å². The first-order valence-corrected chi connectivity index (χ1v) is 5.92. The van der Waals surface area contributed by atoms with Crippen molar-refractivity contribution in [3.8, 4) is 0 Å². The van der Waals surface area contributed by atoms with Crippen LogP contribution in [0.4, 0.5) is 0 Å². The zero-order valence-corrected chi connectivity index (χ0v) is 9.62. The van der Waals surface area contributed by atoms with E-state index in [-0.39, 0.29) is 5.54 Å². The van der Waals surface area contributed by atoms with Crippen LogP contribution in [-0.2, 0) is 6.42 Å². The lowest BCUT2D eigenvalue weighted by atomic mass is 10.0. The third kappa shape index (κ3) is 1.74. The number of hydrogen-bond acceptors (Lipinski definition) is 2. The van der Waals surface area contributed by atoms with Gasteiger partial charge in [-0.05, 0) is 55.9 Å². The van der Waals surface area contributed by atoms with Gasteiger partial charge in [0, 0.05) is 10.9 Å². The van der Waals surface area contributed by atoms with Crippen LogP contribution in [0.2, 0.25) is 0 Å². The number of rotatable bonds is 3. The highest BCUT2D eigenvalue weighted by Gasteiger charge is 2.37. The van der Waals surface area contributed by atoms with Crippen LogP contribution >= 0.6 is 0 Å². The maximum Gasteiger partial charge on any atom is 0.134 e. The molecule has 16 heavy (non-hydrogen) atoms. The van der Waals surface area contributed by atoms with Crippen LogP contribution in [0.1, 0.15) is 30.4 Å². The molecule has 0 amide bonds. The van der Waals surface area contributed by atoms with Gasteiger partial charge in [-0.15, -0.1) is 0 Å². The van der Waals surface area contributed by atoms with E-state index in [1.54, 1.807) is 0 Å². The Labute approximate surface area is 95.4 Å². The van der Waals surface area contributed by atoms with Crippen molar-refractivity contribution in [3.63, 3.8) is 0 Å². The van der Waals surface area contributed by atoms with Crippen molar-refractivity contribution >= 4 is 11.0 Å². The Balaban J connectivity index is 1.83. The Morgan fingerprint density at radius 1 is 1.38 bits per heavy atom. The average molecular weight is 215 g/mol. The van der Waals surface area contributed by atoms with Crippen molar-refractivity contribution < 1.29 is 4.42 Å². The van der Waals surface area contributed by atoms with Crippen molar-refractivity contribution in [2.24, 2.45) is 5.73 Å². The summed E-state index contributed by atoms with van der Waals surface area (Å²) in [6.07, 6.45) is 6.40. The van der Waals surface area contributed by atoms with Crippen molar-refractivity contribution in [1.29, 1.82) is 0 Å². The predicted octanol–water partition coefficient (Wildman–Crippen LogP) is 3.17. The second kappa shape index (κ2) is 3.36. The fourth-order valence-corrected chi connectivity index (χ4v) is 2.16. The van der Waals surface area contributed by atoms with Gasteiger partial charge in [-0.25, -0.2) is 0 Å². The Bertz CT molecular complexity index is 523. The van der Waals surface area contributed by atoms with E-state index in [9.17, 15) is 0 Å². The Morgan fingerprint density at radius 3 is 2.94 bits per heavy atom. The zero-order chi connectivity index (χ0) is 11.2. The summed E-state index contributed by atoms with van der Waals surface area (Å²) in [5, 5.41) is 1.24. The van der Waals surface area contributed by atoms with Crippen molar-refractivity contribution in [3.05, 3.63) is 35.6 Å². The predicted molar refractivity (Wildman–Crippen MR) is 65.4 cm³/mol. The molecule has 1 fully saturated rings. The molecule has 0 saturated heterocycles. The molecule has 84 valence electrons. The van der Waals surface area contributed by atoms with Crippen LogP contribution in [0.15, 0.2) is 28.9 Å².